The van der Waals surface area contributed by atoms with Gasteiger partial charge in [0.2, 0.25) is 0 Å². The second kappa shape index (κ2) is 5.80. The summed E-state index contributed by atoms with van der Waals surface area (Å²) in [6.45, 7) is 7.28. The summed E-state index contributed by atoms with van der Waals surface area (Å²) in [6, 6.07) is 0. The van der Waals surface area contributed by atoms with Gasteiger partial charge < -0.3 is 5.32 Å². The van der Waals surface area contributed by atoms with Crippen LogP contribution in [0.5, 0.6) is 0 Å². The zero-order chi connectivity index (χ0) is 13.1. The molecule has 0 atom stereocenters. The number of halogens is 1. The molecule has 0 spiro atoms. The molecule has 0 saturated heterocycles. The lowest BCUT2D eigenvalue weighted by Crippen LogP contribution is -2.07. The monoisotopic (exact) mass is 325 g/mol. The molecule has 0 aliphatic rings. The molecule has 0 bridgehead atoms. The van der Waals surface area contributed by atoms with Crippen LogP contribution in [0, 0.1) is 0 Å². The van der Waals surface area contributed by atoms with E-state index >= 15 is 0 Å². The fourth-order valence-electron chi connectivity index (χ4n) is 1.92. The maximum Gasteiger partial charge on any atom is 0.133 e. The Labute approximate surface area is 120 Å². The number of nitrogens with one attached hydrogen (secondary N) is 1. The van der Waals surface area contributed by atoms with E-state index in [9.17, 15) is 0 Å². The highest BCUT2D eigenvalue weighted by Gasteiger charge is 2.17. The quantitative estimate of drug-likeness (QED) is 0.897. The normalized spacial score (nSPS) is 10.9. The lowest BCUT2D eigenvalue weighted by Gasteiger charge is -2.16. The van der Waals surface area contributed by atoms with E-state index in [2.05, 4.69) is 62.7 Å². The highest BCUT2D eigenvalue weighted by molar-refractivity contribution is 9.10. The summed E-state index contributed by atoms with van der Waals surface area (Å²) >= 11 is 5.25. The Bertz CT molecular complexity index is 537. The van der Waals surface area contributed by atoms with E-state index in [4.69, 9.17) is 0 Å². The summed E-state index contributed by atoms with van der Waals surface area (Å²) in [4.78, 5) is 8.83. The Morgan fingerprint density at radius 2 is 2.11 bits per heavy atom. The van der Waals surface area contributed by atoms with Crippen LogP contribution in [0.1, 0.15) is 32.3 Å². The van der Waals surface area contributed by atoms with Gasteiger partial charge in [-0.3, -0.25) is 0 Å². The molecule has 2 rings (SSSR count). The van der Waals surface area contributed by atoms with Gasteiger partial charge in [-0.2, -0.15) is 11.3 Å². The number of thiophene rings is 1. The number of hydrogen-bond donors (Lipinski definition) is 1. The molecule has 18 heavy (non-hydrogen) atoms. The van der Waals surface area contributed by atoms with Gasteiger partial charge in [0.15, 0.2) is 0 Å². The molecule has 2 aromatic heterocycles. The highest BCUT2D eigenvalue weighted by atomic mass is 79.9. The summed E-state index contributed by atoms with van der Waals surface area (Å²) in [7, 11) is 0. The Morgan fingerprint density at radius 3 is 2.67 bits per heavy atom. The van der Waals surface area contributed by atoms with Gasteiger partial charge in [0, 0.05) is 32.9 Å². The van der Waals surface area contributed by atoms with Gasteiger partial charge in [0.25, 0.3) is 0 Å². The smallest absolute Gasteiger partial charge is 0.133 e. The van der Waals surface area contributed by atoms with E-state index in [1.54, 1.807) is 17.7 Å². The van der Waals surface area contributed by atoms with Crippen LogP contribution >= 0.6 is 27.3 Å². The van der Waals surface area contributed by atoms with Crippen molar-refractivity contribution in [3.05, 3.63) is 27.1 Å². The van der Waals surface area contributed by atoms with Crippen LogP contribution in [0.15, 0.2) is 21.6 Å². The fourth-order valence-corrected chi connectivity index (χ4v) is 3.38. The molecule has 3 nitrogen and oxygen atoms in total. The third-order valence-electron chi connectivity index (χ3n) is 2.68. The van der Waals surface area contributed by atoms with Crippen molar-refractivity contribution in [2.75, 3.05) is 11.9 Å². The highest BCUT2D eigenvalue weighted by Crippen LogP contribution is 2.37. The van der Waals surface area contributed by atoms with E-state index in [1.807, 2.05) is 0 Å². The molecule has 96 valence electrons. The summed E-state index contributed by atoms with van der Waals surface area (Å²) in [6.07, 6.45) is 1.63. The largest absolute Gasteiger partial charge is 0.370 e. The van der Waals surface area contributed by atoms with Crippen molar-refractivity contribution in [3.63, 3.8) is 0 Å². The maximum atomic E-state index is 4.47. The minimum absolute atomic E-state index is 0.377. The molecule has 0 aliphatic heterocycles. The minimum atomic E-state index is 0.377. The lowest BCUT2D eigenvalue weighted by molar-refractivity contribution is 0.849. The first-order valence-electron chi connectivity index (χ1n) is 5.96. The van der Waals surface area contributed by atoms with Crippen LogP contribution in [0.4, 0.5) is 5.82 Å². The number of hydrogen-bond acceptors (Lipinski definition) is 4. The first-order valence-corrected chi connectivity index (χ1v) is 7.69. The van der Waals surface area contributed by atoms with E-state index in [0.29, 0.717) is 5.92 Å². The molecular formula is C13H16BrN3S. The second-order valence-electron chi connectivity index (χ2n) is 4.30. The molecule has 0 radical (unpaired) electrons. The molecule has 0 fully saturated rings. The number of aromatic nitrogens is 2. The van der Waals surface area contributed by atoms with E-state index in [0.717, 1.165) is 28.1 Å². The molecule has 5 heteroatoms. The van der Waals surface area contributed by atoms with Crippen LogP contribution in [-0.4, -0.2) is 16.5 Å². The maximum absolute atomic E-state index is 4.47. The summed E-state index contributed by atoms with van der Waals surface area (Å²) in [5, 5.41) is 7.51. The molecule has 0 unspecified atom stereocenters. The zero-order valence-electron chi connectivity index (χ0n) is 10.7. The van der Waals surface area contributed by atoms with Gasteiger partial charge in [0.1, 0.15) is 12.1 Å². The van der Waals surface area contributed by atoms with Gasteiger partial charge in [-0.15, -0.1) is 0 Å². The topological polar surface area (TPSA) is 37.8 Å². The van der Waals surface area contributed by atoms with Gasteiger partial charge >= 0.3 is 0 Å². The summed E-state index contributed by atoms with van der Waals surface area (Å²) in [5.74, 6) is 1.32. The molecule has 0 amide bonds. The summed E-state index contributed by atoms with van der Waals surface area (Å²) in [5.41, 5.74) is 3.34. The summed E-state index contributed by atoms with van der Waals surface area (Å²) < 4.78 is 1.09. The molecule has 2 heterocycles. The number of nitrogens with zero attached hydrogens (tertiary/aromatic N) is 2. The standard InChI is InChI=1S/C13H16BrN3S/c1-4-15-13-11(8(2)3)12(16-7-17-13)9-5-18-6-10(9)14/h5-8H,4H2,1-3H3,(H,15,16,17). The van der Waals surface area contributed by atoms with Gasteiger partial charge in [-0.25, -0.2) is 9.97 Å². The average molecular weight is 326 g/mol. The van der Waals surface area contributed by atoms with Crippen molar-refractivity contribution in [2.24, 2.45) is 0 Å². The van der Waals surface area contributed by atoms with Gasteiger partial charge in [-0.1, -0.05) is 13.8 Å². The van der Waals surface area contributed by atoms with Crippen molar-refractivity contribution in [3.8, 4) is 11.3 Å². The predicted molar refractivity (Wildman–Crippen MR) is 81.3 cm³/mol. The van der Waals surface area contributed by atoms with Crippen molar-refractivity contribution in [2.45, 2.75) is 26.7 Å². The Kier molecular flexibility index (Phi) is 4.35. The van der Waals surface area contributed by atoms with Crippen LogP contribution in [0.2, 0.25) is 0 Å². The van der Waals surface area contributed by atoms with Crippen LogP contribution in [0.3, 0.4) is 0 Å². The van der Waals surface area contributed by atoms with Gasteiger partial charge in [-0.05, 0) is 28.8 Å². The van der Waals surface area contributed by atoms with Crippen molar-refractivity contribution in [1.29, 1.82) is 0 Å². The molecule has 0 aliphatic carbocycles. The molecule has 0 aromatic carbocycles. The third kappa shape index (κ3) is 2.57. The van der Waals surface area contributed by atoms with Crippen LogP contribution in [0.25, 0.3) is 11.3 Å². The molecule has 0 saturated carbocycles. The SMILES string of the molecule is CCNc1ncnc(-c2cscc2Br)c1C(C)C. The van der Waals surface area contributed by atoms with Crippen LogP contribution in [-0.2, 0) is 0 Å². The zero-order valence-corrected chi connectivity index (χ0v) is 13.1. The van der Waals surface area contributed by atoms with E-state index in [-0.39, 0.29) is 0 Å². The van der Waals surface area contributed by atoms with Crippen molar-refractivity contribution < 1.29 is 0 Å². The average Bonchev–Trinajstić information content (AvgIpc) is 2.75. The van der Waals surface area contributed by atoms with Crippen LogP contribution < -0.4 is 5.32 Å². The Morgan fingerprint density at radius 1 is 1.33 bits per heavy atom. The molecule has 2 aromatic rings. The predicted octanol–water partition coefficient (Wildman–Crippen LogP) is 4.52. The first kappa shape index (κ1) is 13.5. The molecular weight excluding hydrogens is 310 g/mol. The van der Waals surface area contributed by atoms with E-state index in [1.165, 1.54) is 5.56 Å². The third-order valence-corrected chi connectivity index (χ3v) is 4.38. The Hall–Kier alpha value is -0.940. The van der Waals surface area contributed by atoms with Gasteiger partial charge in [0.05, 0.1) is 5.69 Å². The minimum Gasteiger partial charge on any atom is -0.370 e. The lowest BCUT2D eigenvalue weighted by atomic mass is 9.99. The fraction of sp³-hybridized carbons (Fsp3) is 0.385. The number of rotatable bonds is 4. The van der Waals surface area contributed by atoms with E-state index < -0.39 is 0 Å². The first-order chi connectivity index (χ1) is 8.65. The Balaban J connectivity index is 2.60. The van der Waals surface area contributed by atoms with Crippen molar-refractivity contribution >= 4 is 33.1 Å². The van der Waals surface area contributed by atoms with Crippen molar-refractivity contribution in [1.82, 2.24) is 9.97 Å². The second-order valence-corrected chi connectivity index (χ2v) is 5.90. The molecule has 1 N–H and O–H groups in total. The number of anilines is 1.